The highest BCUT2D eigenvalue weighted by molar-refractivity contribution is 5.97. The number of anilines is 1. The zero-order valence-corrected chi connectivity index (χ0v) is 16.8. The molecule has 1 saturated carbocycles. The van der Waals surface area contributed by atoms with E-state index in [1.54, 1.807) is 24.0 Å². The Balaban J connectivity index is 1.56. The molecule has 3 heterocycles. The van der Waals surface area contributed by atoms with Gasteiger partial charge in [-0.25, -0.2) is 14.8 Å². The summed E-state index contributed by atoms with van der Waals surface area (Å²) in [4.78, 5) is 35.6. The molecule has 1 aliphatic heterocycles. The van der Waals surface area contributed by atoms with E-state index in [2.05, 4.69) is 9.88 Å². The molecular formula is C21H26N4O4. The average molecular weight is 398 g/mol. The van der Waals surface area contributed by atoms with Gasteiger partial charge >= 0.3 is 5.97 Å². The molecule has 2 fully saturated rings. The minimum atomic E-state index is -0.458. The van der Waals surface area contributed by atoms with Gasteiger partial charge in [0.15, 0.2) is 5.69 Å². The first kappa shape index (κ1) is 19.6. The number of pyridine rings is 1. The van der Waals surface area contributed by atoms with Gasteiger partial charge in [0, 0.05) is 31.5 Å². The van der Waals surface area contributed by atoms with Crippen molar-refractivity contribution in [3.8, 4) is 0 Å². The van der Waals surface area contributed by atoms with Crippen LogP contribution in [0, 0.1) is 11.8 Å². The number of rotatable bonds is 9. The summed E-state index contributed by atoms with van der Waals surface area (Å²) in [5.74, 6) is 1.81. The molecular weight excluding hydrogens is 372 g/mol. The summed E-state index contributed by atoms with van der Waals surface area (Å²) in [6.45, 7) is 6.80. The van der Waals surface area contributed by atoms with E-state index in [1.807, 2.05) is 19.1 Å². The molecule has 0 radical (unpaired) electrons. The van der Waals surface area contributed by atoms with Gasteiger partial charge in [-0.1, -0.05) is 6.07 Å². The number of aromatic nitrogens is 3. The van der Waals surface area contributed by atoms with Crippen LogP contribution in [0.4, 0.5) is 5.82 Å². The number of piperidine rings is 1. The zero-order chi connectivity index (χ0) is 20.4. The third-order valence-electron chi connectivity index (χ3n) is 5.44. The Bertz CT molecular complexity index is 900. The van der Waals surface area contributed by atoms with Crippen molar-refractivity contribution >= 4 is 17.6 Å². The van der Waals surface area contributed by atoms with Crippen LogP contribution >= 0.6 is 0 Å². The molecule has 0 aromatic carbocycles. The summed E-state index contributed by atoms with van der Waals surface area (Å²) in [7, 11) is 0. The Morgan fingerprint density at radius 3 is 2.69 bits per heavy atom. The number of ether oxygens (including phenoxy) is 2. The number of carbonyl (C=O) groups excluding carboxylic acids is 2. The minimum Gasteiger partial charge on any atom is -0.461 e. The third-order valence-corrected chi connectivity index (χ3v) is 5.44. The first-order valence-electron chi connectivity index (χ1n) is 10.1. The predicted molar refractivity (Wildman–Crippen MR) is 106 cm³/mol. The molecule has 8 heteroatoms. The van der Waals surface area contributed by atoms with Gasteiger partial charge in [0.1, 0.15) is 18.1 Å². The lowest BCUT2D eigenvalue weighted by molar-refractivity contribution is 0.0519. The number of hydrogen-bond acceptors (Lipinski definition) is 7. The largest absolute Gasteiger partial charge is 0.461 e. The maximum Gasteiger partial charge on any atom is 0.358 e. The lowest BCUT2D eigenvalue weighted by atomic mass is 10.1. The molecule has 1 saturated heterocycles. The predicted octanol–water partition coefficient (Wildman–Crippen LogP) is 2.18. The normalized spacial score (nSPS) is 19.9. The van der Waals surface area contributed by atoms with Gasteiger partial charge in [0.2, 0.25) is 5.78 Å². The number of ketones is 1. The fraction of sp³-hybridized carbons (Fsp3) is 0.524. The average Bonchev–Trinajstić information content (AvgIpc) is 3.11. The second kappa shape index (κ2) is 8.32. The third kappa shape index (κ3) is 4.32. The van der Waals surface area contributed by atoms with Gasteiger partial charge in [-0.15, -0.1) is 0 Å². The first-order chi connectivity index (χ1) is 14.1. The molecule has 2 aromatic heterocycles. The zero-order valence-electron chi connectivity index (χ0n) is 16.8. The summed E-state index contributed by atoms with van der Waals surface area (Å²) in [6, 6.07) is 3.91. The van der Waals surface area contributed by atoms with Gasteiger partial charge in [-0.2, -0.15) is 0 Å². The van der Waals surface area contributed by atoms with Crippen LogP contribution in [0.2, 0.25) is 0 Å². The van der Waals surface area contributed by atoms with E-state index in [-0.39, 0.29) is 18.1 Å². The van der Waals surface area contributed by atoms with Gasteiger partial charge in [0.25, 0.3) is 0 Å². The van der Waals surface area contributed by atoms with Crippen molar-refractivity contribution in [2.24, 2.45) is 11.8 Å². The van der Waals surface area contributed by atoms with E-state index in [0.29, 0.717) is 25.5 Å². The lowest BCUT2D eigenvalue weighted by Gasteiger charge is -2.20. The molecule has 2 aliphatic rings. The van der Waals surface area contributed by atoms with E-state index in [1.165, 1.54) is 6.42 Å². The Kier molecular flexibility index (Phi) is 5.62. The summed E-state index contributed by atoms with van der Waals surface area (Å²) in [5, 5.41) is 0. The van der Waals surface area contributed by atoms with Crippen LogP contribution in [0.3, 0.4) is 0 Å². The molecule has 0 bridgehead atoms. The second-order valence-electron chi connectivity index (χ2n) is 7.55. The topological polar surface area (TPSA) is 86.5 Å². The van der Waals surface area contributed by atoms with Gasteiger partial charge < -0.3 is 18.9 Å². The number of esters is 1. The molecule has 4 rings (SSSR count). The molecule has 2 aromatic rings. The summed E-state index contributed by atoms with van der Waals surface area (Å²) < 4.78 is 12.1. The van der Waals surface area contributed by atoms with E-state index in [9.17, 15) is 9.59 Å². The molecule has 0 amide bonds. The summed E-state index contributed by atoms with van der Waals surface area (Å²) in [5.41, 5.74) is 1.44. The summed E-state index contributed by atoms with van der Waals surface area (Å²) >= 11 is 0. The van der Waals surface area contributed by atoms with Crippen molar-refractivity contribution in [2.75, 3.05) is 37.8 Å². The maximum absolute atomic E-state index is 12.7. The van der Waals surface area contributed by atoms with Crippen LogP contribution in [0.25, 0.3) is 0 Å². The number of carbonyl (C=O) groups is 2. The second-order valence-corrected chi connectivity index (χ2v) is 7.55. The maximum atomic E-state index is 12.7. The molecule has 2 unspecified atom stereocenters. The number of fused-ring (bicyclic) bond motifs is 1. The van der Waals surface area contributed by atoms with Crippen molar-refractivity contribution in [3.63, 3.8) is 0 Å². The van der Waals surface area contributed by atoms with E-state index >= 15 is 0 Å². The highest BCUT2D eigenvalue weighted by Crippen LogP contribution is 2.46. The Hall–Kier alpha value is -2.74. The van der Waals surface area contributed by atoms with Crippen LogP contribution in [0.5, 0.6) is 0 Å². The minimum absolute atomic E-state index is 0.00318. The molecule has 8 nitrogen and oxygen atoms in total. The molecule has 154 valence electrons. The lowest BCUT2D eigenvalue weighted by Crippen LogP contribution is -2.24. The number of nitrogens with zero attached hydrogens (tertiary/aromatic N) is 4. The fourth-order valence-electron chi connectivity index (χ4n) is 3.82. The van der Waals surface area contributed by atoms with Crippen molar-refractivity contribution < 1.29 is 19.1 Å². The first-order valence-corrected chi connectivity index (χ1v) is 10.1. The van der Waals surface area contributed by atoms with Crippen molar-refractivity contribution in [1.29, 1.82) is 0 Å². The Labute approximate surface area is 169 Å². The highest BCUT2D eigenvalue weighted by Gasteiger charge is 2.45. The van der Waals surface area contributed by atoms with Crippen LogP contribution in [0.15, 0.2) is 24.7 Å². The SMILES string of the molecule is CCOCC(=O)c1nc(N2CC3CC3C2)ccc1Cn1cnc(C(=O)OCC)c1. The molecule has 0 N–H and O–H groups in total. The van der Waals surface area contributed by atoms with Gasteiger partial charge in [-0.3, -0.25) is 4.79 Å². The smallest absolute Gasteiger partial charge is 0.358 e. The fourth-order valence-corrected chi connectivity index (χ4v) is 3.82. The van der Waals surface area contributed by atoms with Crippen LogP contribution in [0.1, 0.15) is 46.8 Å². The Morgan fingerprint density at radius 2 is 1.97 bits per heavy atom. The quantitative estimate of drug-likeness (QED) is 0.473. The van der Waals surface area contributed by atoms with Crippen LogP contribution in [-0.2, 0) is 16.0 Å². The van der Waals surface area contributed by atoms with E-state index in [4.69, 9.17) is 14.5 Å². The molecule has 0 spiro atoms. The highest BCUT2D eigenvalue weighted by atomic mass is 16.5. The van der Waals surface area contributed by atoms with Crippen molar-refractivity contribution in [3.05, 3.63) is 41.6 Å². The van der Waals surface area contributed by atoms with Crippen LogP contribution < -0.4 is 4.90 Å². The Morgan fingerprint density at radius 1 is 1.17 bits per heavy atom. The number of imidazole rings is 1. The number of Topliss-reactive ketones (excluding diaryl/α,β-unsaturated/α-hetero) is 1. The van der Waals surface area contributed by atoms with Gasteiger partial charge in [-0.05, 0) is 38.2 Å². The summed E-state index contributed by atoms with van der Waals surface area (Å²) in [6.07, 6.45) is 4.50. The standard InChI is InChI=1S/C21H26N4O4/c1-3-28-12-18(26)20-14(8-24-11-17(22-13-24)21(27)29-4-2)5-6-19(23-20)25-9-15-7-16(15)10-25/h5-6,11,13,15-16H,3-4,7-10,12H2,1-2H3. The monoisotopic (exact) mass is 398 g/mol. The molecule has 2 atom stereocenters. The van der Waals surface area contributed by atoms with Crippen LogP contribution in [-0.4, -0.2) is 59.2 Å². The van der Waals surface area contributed by atoms with Crippen molar-refractivity contribution in [1.82, 2.24) is 14.5 Å². The van der Waals surface area contributed by atoms with Gasteiger partial charge in [0.05, 0.1) is 19.5 Å². The van der Waals surface area contributed by atoms with E-state index in [0.717, 1.165) is 36.3 Å². The van der Waals surface area contributed by atoms with E-state index < -0.39 is 5.97 Å². The van der Waals surface area contributed by atoms with Crippen molar-refractivity contribution in [2.45, 2.75) is 26.8 Å². The molecule has 29 heavy (non-hydrogen) atoms. The molecule has 1 aliphatic carbocycles. The number of hydrogen-bond donors (Lipinski definition) is 0.